The van der Waals surface area contributed by atoms with Gasteiger partial charge in [-0.15, -0.1) is 0 Å². The van der Waals surface area contributed by atoms with Gasteiger partial charge in [-0.1, -0.05) is 57.9 Å². The number of nitrogens with zero attached hydrogens (tertiary/aromatic N) is 1. The average Bonchev–Trinajstić information content (AvgIpc) is 2.78. The molecule has 0 bridgehead atoms. The van der Waals surface area contributed by atoms with E-state index in [2.05, 4.69) is 31.8 Å². The fourth-order valence-electron chi connectivity index (χ4n) is 2.57. The monoisotopic (exact) mass is 499 g/mol. The second-order valence-corrected chi connectivity index (χ2v) is 7.79. The zero-order chi connectivity index (χ0) is 22.1. The van der Waals surface area contributed by atoms with Crippen molar-refractivity contribution in [3.8, 4) is 5.75 Å². The molecule has 3 aromatic carbocycles. The lowest BCUT2D eigenvalue weighted by atomic mass is 10.2. The number of nitrogens with one attached hydrogen (secondary N) is 2. The zero-order valence-electron chi connectivity index (χ0n) is 16.3. The number of rotatable bonds is 8. The van der Waals surface area contributed by atoms with E-state index in [0.717, 1.165) is 10.0 Å². The Bertz CT molecular complexity index is 1090. The molecule has 158 valence electrons. The molecule has 0 atom stereocenters. The van der Waals surface area contributed by atoms with E-state index in [9.17, 15) is 9.59 Å². The van der Waals surface area contributed by atoms with Crippen LogP contribution in [0.15, 0.2) is 82.4 Å². The first-order valence-electron chi connectivity index (χ1n) is 9.33. The summed E-state index contributed by atoms with van der Waals surface area (Å²) in [5.74, 6) is -0.217. The lowest BCUT2D eigenvalue weighted by Crippen LogP contribution is -2.34. The molecule has 0 aliphatic heterocycles. The Hall–Kier alpha value is -3.16. The Morgan fingerprint density at radius 2 is 1.81 bits per heavy atom. The molecule has 0 aliphatic carbocycles. The van der Waals surface area contributed by atoms with Crippen LogP contribution in [0.5, 0.6) is 5.75 Å². The molecule has 0 aliphatic rings. The second kappa shape index (κ2) is 11.3. The molecule has 31 heavy (non-hydrogen) atoms. The van der Waals surface area contributed by atoms with E-state index in [1.54, 1.807) is 18.2 Å². The predicted molar refractivity (Wildman–Crippen MR) is 124 cm³/mol. The average molecular weight is 501 g/mol. The minimum atomic E-state index is -0.458. The van der Waals surface area contributed by atoms with Gasteiger partial charge in [0.25, 0.3) is 11.8 Å². The predicted octanol–water partition coefficient (Wildman–Crippen LogP) is 4.56. The van der Waals surface area contributed by atoms with Gasteiger partial charge >= 0.3 is 0 Å². The van der Waals surface area contributed by atoms with E-state index in [4.69, 9.17) is 16.3 Å². The van der Waals surface area contributed by atoms with Crippen LogP contribution in [0.25, 0.3) is 0 Å². The van der Waals surface area contributed by atoms with Crippen molar-refractivity contribution in [3.05, 3.63) is 99.0 Å². The molecule has 2 N–H and O–H groups in total. The topological polar surface area (TPSA) is 79.8 Å². The van der Waals surface area contributed by atoms with Crippen LogP contribution in [0.2, 0.25) is 5.02 Å². The Morgan fingerprint density at radius 1 is 1.03 bits per heavy atom. The van der Waals surface area contributed by atoms with Crippen molar-refractivity contribution in [2.45, 2.75) is 6.61 Å². The van der Waals surface area contributed by atoms with E-state index in [0.29, 0.717) is 28.5 Å². The SMILES string of the molecule is O=C(CNC(=O)c1cccc(Cl)c1)NN=Cc1ccccc1OCc1ccc(Br)cc1. The summed E-state index contributed by atoms with van der Waals surface area (Å²) in [6.45, 7) is 0.185. The lowest BCUT2D eigenvalue weighted by Gasteiger charge is -2.09. The maximum atomic E-state index is 12.0. The summed E-state index contributed by atoms with van der Waals surface area (Å²) >= 11 is 9.27. The number of carbonyl (C=O) groups excluding carboxylic acids is 2. The molecule has 2 amide bonds. The van der Waals surface area contributed by atoms with Crippen LogP contribution in [-0.4, -0.2) is 24.6 Å². The molecule has 0 heterocycles. The fourth-order valence-corrected chi connectivity index (χ4v) is 3.02. The van der Waals surface area contributed by atoms with E-state index in [1.165, 1.54) is 12.3 Å². The van der Waals surface area contributed by atoms with Crippen molar-refractivity contribution in [2.75, 3.05) is 6.54 Å². The first-order valence-corrected chi connectivity index (χ1v) is 10.5. The quantitative estimate of drug-likeness (QED) is 0.351. The van der Waals surface area contributed by atoms with E-state index < -0.39 is 11.8 Å². The summed E-state index contributed by atoms with van der Waals surface area (Å²) in [7, 11) is 0. The summed E-state index contributed by atoms with van der Waals surface area (Å²) < 4.78 is 6.87. The maximum Gasteiger partial charge on any atom is 0.259 e. The fraction of sp³-hybridized carbons (Fsp3) is 0.0870. The highest BCUT2D eigenvalue weighted by Crippen LogP contribution is 2.18. The normalized spacial score (nSPS) is 10.6. The third-order valence-electron chi connectivity index (χ3n) is 4.12. The van der Waals surface area contributed by atoms with Gasteiger partial charge in [0.1, 0.15) is 12.4 Å². The molecule has 0 saturated heterocycles. The molecule has 0 spiro atoms. The van der Waals surface area contributed by atoms with Gasteiger partial charge in [-0.05, 0) is 48.0 Å². The number of ether oxygens (including phenoxy) is 1. The number of hydrogen-bond donors (Lipinski definition) is 2. The van der Waals surface area contributed by atoms with Gasteiger partial charge in [-0.3, -0.25) is 9.59 Å². The molecule has 8 heteroatoms. The first kappa shape index (κ1) is 22.5. The van der Waals surface area contributed by atoms with E-state index in [1.807, 2.05) is 48.5 Å². The molecule has 0 radical (unpaired) electrons. The molecule has 3 aromatic rings. The molecule has 0 unspecified atom stereocenters. The largest absolute Gasteiger partial charge is 0.488 e. The number of hydrogen-bond acceptors (Lipinski definition) is 4. The third-order valence-corrected chi connectivity index (χ3v) is 4.88. The van der Waals surface area contributed by atoms with Gasteiger partial charge in [0.2, 0.25) is 0 Å². The highest BCUT2D eigenvalue weighted by molar-refractivity contribution is 9.10. The van der Waals surface area contributed by atoms with Crippen LogP contribution >= 0.6 is 27.5 Å². The maximum absolute atomic E-state index is 12.0. The molecule has 0 saturated carbocycles. The standard InChI is InChI=1S/C23H19BrClN3O3/c24-19-10-8-16(9-11-19)15-31-21-7-2-1-4-18(21)13-27-28-22(29)14-26-23(30)17-5-3-6-20(25)12-17/h1-13H,14-15H2,(H,26,30)(H,28,29). The Kier molecular flexibility index (Phi) is 8.20. The molecule has 0 aromatic heterocycles. The third kappa shape index (κ3) is 7.24. The number of amides is 2. The van der Waals surface area contributed by atoms with Crippen molar-refractivity contribution in [2.24, 2.45) is 5.10 Å². The molecular weight excluding hydrogens is 482 g/mol. The Morgan fingerprint density at radius 3 is 2.58 bits per heavy atom. The minimum absolute atomic E-state index is 0.218. The lowest BCUT2D eigenvalue weighted by molar-refractivity contribution is -0.120. The highest BCUT2D eigenvalue weighted by atomic mass is 79.9. The van der Waals surface area contributed by atoms with Crippen LogP contribution in [0.3, 0.4) is 0 Å². The first-order chi connectivity index (χ1) is 15.0. The van der Waals surface area contributed by atoms with Crippen molar-refractivity contribution in [3.63, 3.8) is 0 Å². The Balaban J connectivity index is 1.50. The zero-order valence-corrected chi connectivity index (χ0v) is 18.7. The van der Waals surface area contributed by atoms with E-state index in [-0.39, 0.29) is 6.54 Å². The summed E-state index contributed by atoms with van der Waals surface area (Å²) in [6.07, 6.45) is 1.49. The number of para-hydroxylation sites is 1. The molecule has 0 fully saturated rings. The van der Waals surface area contributed by atoms with E-state index >= 15 is 0 Å². The summed E-state index contributed by atoms with van der Waals surface area (Å²) in [4.78, 5) is 24.0. The second-order valence-electron chi connectivity index (χ2n) is 6.44. The van der Waals surface area contributed by atoms with Gasteiger partial charge in [-0.25, -0.2) is 5.43 Å². The van der Waals surface area contributed by atoms with Gasteiger partial charge in [0.05, 0.1) is 12.8 Å². The molecule has 3 rings (SSSR count). The summed E-state index contributed by atoms with van der Waals surface area (Å²) in [6, 6.07) is 21.7. The van der Waals surface area contributed by atoms with Gasteiger partial charge in [0, 0.05) is 20.6 Å². The van der Waals surface area contributed by atoms with Crippen LogP contribution < -0.4 is 15.5 Å². The Labute approximate surface area is 193 Å². The number of halogens is 2. The minimum Gasteiger partial charge on any atom is -0.488 e. The van der Waals surface area contributed by atoms with Crippen LogP contribution in [0, 0.1) is 0 Å². The molecule has 6 nitrogen and oxygen atoms in total. The van der Waals surface area contributed by atoms with Crippen molar-refractivity contribution < 1.29 is 14.3 Å². The number of carbonyl (C=O) groups is 2. The van der Waals surface area contributed by atoms with Crippen molar-refractivity contribution in [1.82, 2.24) is 10.7 Å². The summed E-state index contributed by atoms with van der Waals surface area (Å²) in [5, 5.41) is 6.91. The molecular formula is C23H19BrClN3O3. The number of hydrazone groups is 1. The van der Waals surface area contributed by atoms with Gasteiger partial charge in [-0.2, -0.15) is 5.10 Å². The van der Waals surface area contributed by atoms with Crippen LogP contribution in [-0.2, 0) is 11.4 Å². The van der Waals surface area contributed by atoms with Crippen molar-refractivity contribution in [1.29, 1.82) is 0 Å². The van der Waals surface area contributed by atoms with Crippen molar-refractivity contribution >= 4 is 45.6 Å². The van der Waals surface area contributed by atoms with Gasteiger partial charge < -0.3 is 10.1 Å². The van der Waals surface area contributed by atoms with Crippen LogP contribution in [0.1, 0.15) is 21.5 Å². The highest BCUT2D eigenvalue weighted by Gasteiger charge is 2.08. The van der Waals surface area contributed by atoms with Gasteiger partial charge in [0.15, 0.2) is 0 Å². The van der Waals surface area contributed by atoms with Crippen LogP contribution in [0.4, 0.5) is 0 Å². The number of benzene rings is 3. The smallest absolute Gasteiger partial charge is 0.259 e. The summed E-state index contributed by atoms with van der Waals surface area (Å²) in [5.41, 5.74) is 4.50.